The predicted octanol–water partition coefficient (Wildman–Crippen LogP) is -0.806. The van der Waals surface area contributed by atoms with Gasteiger partial charge in [0.05, 0.1) is 12.2 Å². The lowest BCUT2D eigenvalue weighted by molar-refractivity contribution is 0.0686. The van der Waals surface area contributed by atoms with E-state index in [0.29, 0.717) is 0 Å². The second-order valence-electron chi connectivity index (χ2n) is 2.60. The average Bonchev–Trinajstić information content (AvgIpc) is 2.43. The number of carboxylic acid groups (broad SMARTS) is 1. The van der Waals surface area contributed by atoms with Gasteiger partial charge < -0.3 is 15.9 Å². The highest BCUT2D eigenvalue weighted by Gasteiger charge is 2.21. The molecule has 0 aliphatic heterocycles. The predicted molar refractivity (Wildman–Crippen MR) is 45.3 cm³/mol. The van der Waals surface area contributed by atoms with Crippen LogP contribution in [0, 0.1) is 6.92 Å². The van der Waals surface area contributed by atoms with Crippen LogP contribution in [0.3, 0.4) is 0 Å². The van der Waals surface area contributed by atoms with E-state index in [-0.39, 0.29) is 12.2 Å². The second-order valence-corrected chi connectivity index (χ2v) is 2.60. The molecule has 1 heterocycles. The van der Waals surface area contributed by atoms with Gasteiger partial charge in [0.1, 0.15) is 0 Å². The molecule has 7 nitrogen and oxygen atoms in total. The lowest BCUT2D eigenvalue weighted by atomic mass is 10.3. The topological polar surface area (TPSA) is 118 Å². The monoisotopic (exact) mass is 199 g/mol. The molecule has 0 amide bonds. The Labute approximate surface area is 78.7 Å². The molecule has 0 saturated carbocycles. The fourth-order valence-electron chi connectivity index (χ4n) is 0.967. The Morgan fingerprint density at radius 2 is 2.14 bits per heavy atom. The zero-order valence-electron chi connectivity index (χ0n) is 7.39. The number of hydrogen-bond donors (Lipinski definition) is 3. The van der Waals surface area contributed by atoms with Crippen molar-refractivity contribution < 1.29 is 19.8 Å². The molecule has 0 unspecified atom stereocenters. The number of carbonyl (C=O) groups is 2. The van der Waals surface area contributed by atoms with E-state index in [4.69, 9.17) is 10.8 Å². The van der Waals surface area contributed by atoms with Gasteiger partial charge in [-0.1, -0.05) is 0 Å². The number of rotatable bonds is 2. The van der Waals surface area contributed by atoms with E-state index in [1.165, 1.54) is 6.92 Å². The quantitative estimate of drug-likeness (QED) is 0.573. The Morgan fingerprint density at radius 1 is 1.57 bits per heavy atom. The zero-order chi connectivity index (χ0) is 10.9. The molecule has 1 rings (SSSR count). The van der Waals surface area contributed by atoms with Crippen molar-refractivity contribution >= 4 is 11.9 Å². The average molecular weight is 199 g/mol. The van der Waals surface area contributed by atoms with E-state index in [1.807, 2.05) is 0 Å². The van der Waals surface area contributed by atoms with Crippen LogP contribution in [-0.4, -0.2) is 38.4 Å². The van der Waals surface area contributed by atoms with Crippen molar-refractivity contribution in [2.75, 3.05) is 6.54 Å². The molecule has 0 radical (unpaired) electrons. The SMILES string of the molecule is Cc1c(O)c(C(=O)O)nn1C(=O)CN. The molecule has 0 spiro atoms. The van der Waals surface area contributed by atoms with Gasteiger partial charge in [-0.05, 0) is 6.92 Å². The van der Waals surface area contributed by atoms with Crippen LogP contribution < -0.4 is 5.73 Å². The molecule has 1 aromatic heterocycles. The Hall–Kier alpha value is -1.89. The Morgan fingerprint density at radius 3 is 2.50 bits per heavy atom. The van der Waals surface area contributed by atoms with E-state index in [2.05, 4.69) is 5.10 Å². The van der Waals surface area contributed by atoms with Crippen LogP contribution in [0.25, 0.3) is 0 Å². The van der Waals surface area contributed by atoms with E-state index in [9.17, 15) is 14.7 Å². The summed E-state index contributed by atoms with van der Waals surface area (Å²) >= 11 is 0. The molecule has 0 atom stereocenters. The van der Waals surface area contributed by atoms with Crippen LogP contribution in [0.4, 0.5) is 0 Å². The van der Waals surface area contributed by atoms with Crippen LogP contribution in [0.2, 0.25) is 0 Å². The molecular weight excluding hydrogens is 190 g/mol. The second kappa shape index (κ2) is 3.46. The summed E-state index contributed by atoms with van der Waals surface area (Å²) in [6, 6.07) is 0. The minimum absolute atomic E-state index is 0.0675. The van der Waals surface area contributed by atoms with Crippen molar-refractivity contribution in [1.82, 2.24) is 9.78 Å². The summed E-state index contributed by atoms with van der Waals surface area (Å²) in [7, 11) is 0. The van der Waals surface area contributed by atoms with Gasteiger partial charge in [-0.15, -0.1) is 0 Å². The fraction of sp³-hybridized carbons (Fsp3) is 0.286. The van der Waals surface area contributed by atoms with Crippen molar-refractivity contribution in [2.45, 2.75) is 6.92 Å². The minimum atomic E-state index is -1.39. The first kappa shape index (κ1) is 10.2. The molecule has 0 bridgehead atoms. The highest BCUT2D eigenvalue weighted by atomic mass is 16.4. The first-order chi connectivity index (χ1) is 6.49. The van der Waals surface area contributed by atoms with Gasteiger partial charge in [0.25, 0.3) is 5.91 Å². The number of aromatic nitrogens is 2. The van der Waals surface area contributed by atoms with Crippen molar-refractivity contribution in [2.24, 2.45) is 5.73 Å². The van der Waals surface area contributed by atoms with Gasteiger partial charge in [-0.25, -0.2) is 4.79 Å². The summed E-state index contributed by atoms with van der Waals surface area (Å²) in [4.78, 5) is 21.6. The Bertz CT molecular complexity index is 396. The maximum atomic E-state index is 11.1. The summed E-state index contributed by atoms with van der Waals surface area (Å²) in [6.07, 6.45) is 0. The zero-order valence-corrected chi connectivity index (χ0v) is 7.39. The summed E-state index contributed by atoms with van der Waals surface area (Å²) in [6.45, 7) is 1.07. The molecule has 0 aliphatic carbocycles. The number of carbonyl (C=O) groups excluding carboxylic acids is 1. The largest absolute Gasteiger partial charge is 0.504 e. The number of carboxylic acids is 1. The van der Waals surface area contributed by atoms with Gasteiger partial charge >= 0.3 is 5.97 Å². The highest BCUT2D eigenvalue weighted by Crippen LogP contribution is 2.20. The van der Waals surface area contributed by atoms with Gasteiger partial charge in [0.15, 0.2) is 5.75 Å². The van der Waals surface area contributed by atoms with Gasteiger partial charge in [0, 0.05) is 0 Å². The molecule has 76 valence electrons. The summed E-state index contributed by atoms with van der Waals surface area (Å²) < 4.78 is 0.777. The third kappa shape index (κ3) is 1.44. The van der Waals surface area contributed by atoms with E-state index < -0.39 is 23.3 Å². The number of hydrogen-bond acceptors (Lipinski definition) is 5. The summed E-state index contributed by atoms with van der Waals surface area (Å²) in [5.74, 6) is -2.49. The number of aromatic carboxylic acids is 1. The van der Waals surface area contributed by atoms with Crippen LogP contribution in [0.5, 0.6) is 5.75 Å². The Balaban J connectivity index is 3.28. The van der Waals surface area contributed by atoms with Crippen molar-refractivity contribution in [1.29, 1.82) is 0 Å². The molecule has 14 heavy (non-hydrogen) atoms. The first-order valence-electron chi connectivity index (χ1n) is 3.74. The highest BCUT2D eigenvalue weighted by molar-refractivity contribution is 5.90. The lowest BCUT2D eigenvalue weighted by Crippen LogP contribution is -2.23. The molecule has 7 heteroatoms. The smallest absolute Gasteiger partial charge is 0.360 e. The summed E-state index contributed by atoms with van der Waals surface area (Å²) in [5, 5.41) is 21.3. The maximum absolute atomic E-state index is 11.1. The third-order valence-corrected chi connectivity index (χ3v) is 1.70. The first-order valence-corrected chi connectivity index (χ1v) is 3.74. The fourth-order valence-corrected chi connectivity index (χ4v) is 0.967. The molecule has 0 fully saturated rings. The van der Waals surface area contributed by atoms with E-state index in [0.717, 1.165) is 4.68 Å². The van der Waals surface area contributed by atoms with E-state index in [1.54, 1.807) is 0 Å². The van der Waals surface area contributed by atoms with Gasteiger partial charge in [0.2, 0.25) is 5.69 Å². The Kier molecular flexibility index (Phi) is 2.52. The summed E-state index contributed by atoms with van der Waals surface area (Å²) in [5.41, 5.74) is 4.58. The van der Waals surface area contributed by atoms with Gasteiger partial charge in [-0.3, -0.25) is 4.79 Å². The van der Waals surface area contributed by atoms with Crippen molar-refractivity contribution in [3.05, 3.63) is 11.4 Å². The van der Waals surface area contributed by atoms with Crippen LogP contribution in [0.1, 0.15) is 21.0 Å². The third-order valence-electron chi connectivity index (χ3n) is 1.70. The van der Waals surface area contributed by atoms with Crippen LogP contribution in [0.15, 0.2) is 0 Å². The van der Waals surface area contributed by atoms with Crippen LogP contribution in [-0.2, 0) is 0 Å². The standard InChI is InChI=1S/C7H9N3O4/c1-3-6(12)5(7(13)14)9-10(3)4(11)2-8/h12H,2,8H2,1H3,(H,13,14). The number of nitrogens with two attached hydrogens (primary N) is 1. The number of nitrogens with zero attached hydrogens (tertiary/aromatic N) is 2. The normalized spacial score (nSPS) is 10.1. The van der Waals surface area contributed by atoms with Crippen molar-refractivity contribution in [3.63, 3.8) is 0 Å². The molecule has 0 aliphatic rings. The van der Waals surface area contributed by atoms with Gasteiger partial charge in [-0.2, -0.15) is 9.78 Å². The minimum Gasteiger partial charge on any atom is -0.504 e. The maximum Gasteiger partial charge on any atom is 0.360 e. The van der Waals surface area contributed by atoms with E-state index >= 15 is 0 Å². The number of aromatic hydroxyl groups is 1. The molecule has 4 N–H and O–H groups in total. The molecule has 1 aromatic rings. The van der Waals surface area contributed by atoms with Crippen LogP contribution >= 0.6 is 0 Å². The molecule has 0 saturated heterocycles. The van der Waals surface area contributed by atoms with Crippen molar-refractivity contribution in [3.8, 4) is 5.75 Å². The molecular formula is C7H9N3O4. The lowest BCUT2D eigenvalue weighted by Gasteiger charge is -1.97. The molecule has 0 aromatic carbocycles.